The van der Waals surface area contributed by atoms with Crippen molar-refractivity contribution in [2.24, 2.45) is 0 Å². The summed E-state index contributed by atoms with van der Waals surface area (Å²) in [5.74, 6) is -0.964. The molecule has 2 atom stereocenters. The normalized spacial score (nSPS) is 14.3. The van der Waals surface area contributed by atoms with E-state index in [-0.39, 0.29) is 19.4 Å². The Kier molecular flexibility index (Phi) is 36.9. The molecule has 0 aliphatic carbocycles. The van der Waals surface area contributed by atoms with Crippen molar-refractivity contribution in [3.8, 4) is 0 Å². The Morgan fingerprint density at radius 1 is 0.566 bits per heavy atom. The molecule has 0 aromatic carbocycles. The van der Waals surface area contributed by atoms with Crippen LogP contribution in [-0.2, 0) is 32.7 Å². The van der Waals surface area contributed by atoms with Gasteiger partial charge in [-0.1, -0.05) is 157 Å². The molecule has 0 aromatic heterocycles. The molecular weight excluding hydrogens is 687 g/mol. The third kappa shape index (κ3) is 38.8. The summed E-state index contributed by atoms with van der Waals surface area (Å²) in [6.07, 6.45) is 50.9. The monoisotopic (exact) mass is 761 g/mol. The van der Waals surface area contributed by atoms with Gasteiger partial charge in [0.2, 0.25) is 0 Å². The number of carbonyl (C=O) groups is 2. The summed E-state index contributed by atoms with van der Waals surface area (Å²) >= 11 is 0. The molecular formula is C44H73O8P. The number of rotatable bonds is 36. The largest absolute Gasteiger partial charge is 0.472 e. The SMILES string of the molecule is CC/C=C\C/C=C\C/C=C\C/C=C\C/C=C\CC(=O)OC(COC(=O)CCCCCCCCCCC/C=C\C/C=C\CCCCC)COP(=O)(O)OC. The second-order valence-corrected chi connectivity index (χ2v) is 14.6. The molecule has 302 valence electrons. The fourth-order valence-electron chi connectivity index (χ4n) is 5.06. The van der Waals surface area contributed by atoms with Gasteiger partial charge in [-0.3, -0.25) is 18.6 Å². The minimum atomic E-state index is -4.29. The van der Waals surface area contributed by atoms with Gasteiger partial charge in [0, 0.05) is 13.5 Å². The molecule has 0 aliphatic rings. The topological polar surface area (TPSA) is 108 Å². The number of unbranched alkanes of at least 4 members (excludes halogenated alkanes) is 12. The first-order chi connectivity index (χ1) is 25.8. The Morgan fingerprint density at radius 2 is 1.02 bits per heavy atom. The fourth-order valence-corrected chi connectivity index (χ4v) is 5.52. The molecule has 8 nitrogen and oxygen atoms in total. The predicted molar refractivity (Wildman–Crippen MR) is 221 cm³/mol. The summed E-state index contributed by atoms with van der Waals surface area (Å²) in [5.41, 5.74) is 0. The molecule has 1 N–H and O–H groups in total. The zero-order chi connectivity index (χ0) is 38.9. The molecule has 2 unspecified atom stereocenters. The first-order valence-electron chi connectivity index (χ1n) is 20.3. The second-order valence-electron chi connectivity index (χ2n) is 13.0. The standard InChI is InChI=1S/C44H73O8P/c1-4-6-8-10-12-14-16-18-20-21-22-23-25-26-28-30-32-34-36-38-43(45)50-40-42(41-51-53(47,48)49-3)52-44(46)39-37-35-33-31-29-27-24-19-17-15-13-11-9-7-5-2/h7,9,12-15,18-20,24,29,31,35,37,42H,4-6,8,10-11,16-17,21-23,25-28,30,32-34,36,38-41H2,1-3H3,(H,47,48)/b9-7-,14-12-,15-13-,20-18-,24-19-,31-29-,37-35-. The minimum absolute atomic E-state index is 0.00768. The minimum Gasteiger partial charge on any atom is -0.462 e. The third-order valence-electron chi connectivity index (χ3n) is 8.16. The van der Waals surface area contributed by atoms with Crippen molar-refractivity contribution in [3.05, 3.63) is 85.1 Å². The van der Waals surface area contributed by atoms with Gasteiger partial charge in [-0.05, 0) is 70.6 Å². The van der Waals surface area contributed by atoms with Crippen LogP contribution in [0.3, 0.4) is 0 Å². The number of allylic oxidation sites excluding steroid dienone is 13. The van der Waals surface area contributed by atoms with Crippen LogP contribution in [0.25, 0.3) is 0 Å². The van der Waals surface area contributed by atoms with E-state index in [1.165, 1.54) is 57.8 Å². The summed E-state index contributed by atoms with van der Waals surface area (Å²) in [6.45, 7) is 3.65. The van der Waals surface area contributed by atoms with Crippen LogP contribution in [0.15, 0.2) is 85.1 Å². The molecule has 0 amide bonds. The summed E-state index contributed by atoms with van der Waals surface area (Å²) in [6, 6.07) is 0. The van der Waals surface area contributed by atoms with Crippen molar-refractivity contribution in [1.82, 2.24) is 0 Å². The van der Waals surface area contributed by atoms with E-state index in [9.17, 15) is 19.0 Å². The van der Waals surface area contributed by atoms with Crippen LogP contribution < -0.4 is 0 Å². The van der Waals surface area contributed by atoms with Gasteiger partial charge in [0.1, 0.15) is 6.61 Å². The quantitative estimate of drug-likeness (QED) is 0.0291. The highest BCUT2D eigenvalue weighted by molar-refractivity contribution is 7.47. The third-order valence-corrected chi connectivity index (χ3v) is 9.09. The number of hydrogen-bond donors (Lipinski definition) is 1. The number of phosphoric ester groups is 1. The lowest BCUT2D eigenvalue weighted by Gasteiger charge is -2.19. The van der Waals surface area contributed by atoms with E-state index in [1.54, 1.807) is 6.08 Å². The van der Waals surface area contributed by atoms with Crippen molar-refractivity contribution in [2.45, 2.75) is 161 Å². The van der Waals surface area contributed by atoms with Crippen molar-refractivity contribution in [2.75, 3.05) is 20.3 Å². The maximum absolute atomic E-state index is 12.4. The molecule has 0 bridgehead atoms. The van der Waals surface area contributed by atoms with E-state index < -0.39 is 32.5 Å². The number of ether oxygens (including phenoxy) is 2. The molecule has 0 fully saturated rings. The van der Waals surface area contributed by atoms with Gasteiger partial charge < -0.3 is 14.4 Å². The fraction of sp³-hybridized carbons (Fsp3) is 0.636. The van der Waals surface area contributed by atoms with E-state index >= 15 is 0 Å². The molecule has 53 heavy (non-hydrogen) atoms. The van der Waals surface area contributed by atoms with E-state index in [1.807, 2.05) is 12.2 Å². The van der Waals surface area contributed by atoms with Crippen LogP contribution in [-0.4, -0.2) is 43.3 Å². The number of carbonyl (C=O) groups excluding carboxylic acids is 2. The lowest BCUT2D eigenvalue weighted by atomic mass is 10.1. The van der Waals surface area contributed by atoms with Crippen molar-refractivity contribution < 1.29 is 37.6 Å². The van der Waals surface area contributed by atoms with Crippen molar-refractivity contribution in [1.29, 1.82) is 0 Å². The first kappa shape index (κ1) is 50.2. The maximum Gasteiger partial charge on any atom is 0.472 e. The maximum atomic E-state index is 12.4. The Balaban J connectivity index is 4.15. The van der Waals surface area contributed by atoms with Crippen LogP contribution >= 0.6 is 7.82 Å². The van der Waals surface area contributed by atoms with E-state index in [0.29, 0.717) is 6.42 Å². The van der Waals surface area contributed by atoms with Gasteiger partial charge in [0.15, 0.2) is 6.10 Å². The van der Waals surface area contributed by atoms with E-state index in [2.05, 4.69) is 85.2 Å². The van der Waals surface area contributed by atoms with Gasteiger partial charge in [-0.15, -0.1) is 0 Å². The first-order valence-corrected chi connectivity index (χ1v) is 21.8. The highest BCUT2D eigenvalue weighted by Gasteiger charge is 2.24. The van der Waals surface area contributed by atoms with Crippen LogP contribution in [0.4, 0.5) is 0 Å². The van der Waals surface area contributed by atoms with Gasteiger partial charge in [-0.25, -0.2) is 4.57 Å². The Morgan fingerprint density at radius 3 is 1.53 bits per heavy atom. The van der Waals surface area contributed by atoms with Crippen molar-refractivity contribution in [3.63, 3.8) is 0 Å². The molecule has 0 heterocycles. The van der Waals surface area contributed by atoms with E-state index in [4.69, 9.17) is 14.0 Å². The predicted octanol–water partition coefficient (Wildman–Crippen LogP) is 12.7. The highest BCUT2D eigenvalue weighted by atomic mass is 31.2. The highest BCUT2D eigenvalue weighted by Crippen LogP contribution is 2.42. The van der Waals surface area contributed by atoms with Crippen LogP contribution in [0.1, 0.15) is 155 Å². The summed E-state index contributed by atoms with van der Waals surface area (Å²) < 4.78 is 31.8. The number of hydrogen-bond acceptors (Lipinski definition) is 7. The van der Waals surface area contributed by atoms with Gasteiger partial charge in [0.25, 0.3) is 0 Å². The molecule has 0 aromatic rings. The zero-order valence-electron chi connectivity index (χ0n) is 33.4. The molecule has 9 heteroatoms. The Hall–Kier alpha value is -2.77. The average Bonchev–Trinajstić information content (AvgIpc) is 3.15. The van der Waals surface area contributed by atoms with Crippen molar-refractivity contribution >= 4 is 19.8 Å². The zero-order valence-corrected chi connectivity index (χ0v) is 34.3. The Bertz CT molecular complexity index is 1130. The molecule has 0 rings (SSSR count). The summed E-state index contributed by atoms with van der Waals surface area (Å²) in [4.78, 5) is 34.3. The number of esters is 2. The van der Waals surface area contributed by atoms with E-state index in [0.717, 1.165) is 71.3 Å². The van der Waals surface area contributed by atoms with Crippen LogP contribution in [0, 0.1) is 0 Å². The lowest BCUT2D eigenvalue weighted by Crippen LogP contribution is -2.29. The van der Waals surface area contributed by atoms with Crippen LogP contribution in [0.5, 0.6) is 0 Å². The smallest absolute Gasteiger partial charge is 0.462 e. The van der Waals surface area contributed by atoms with Gasteiger partial charge in [-0.2, -0.15) is 0 Å². The van der Waals surface area contributed by atoms with Crippen LogP contribution in [0.2, 0.25) is 0 Å². The molecule has 0 saturated carbocycles. The van der Waals surface area contributed by atoms with Gasteiger partial charge in [0.05, 0.1) is 13.0 Å². The Labute approximate surface area is 323 Å². The lowest BCUT2D eigenvalue weighted by molar-refractivity contribution is -0.160. The average molecular weight is 761 g/mol. The molecule has 0 saturated heterocycles. The molecule has 0 aliphatic heterocycles. The summed E-state index contributed by atoms with van der Waals surface area (Å²) in [5, 5.41) is 0. The van der Waals surface area contributed by atoms with Gasteiger partial charge >= 0.3 is 19.8 Å². The molecule has 0 spiro atoms. The second kappa shape index (κ2) is 38.9. The number of phosphoric acid groups is 1. The summed E-state index contributed by atoms with van der Waals surface area (Å²) in [7, 11) is -3.25. The molecule has 0 radical (unpaired) electrons.